The number of hydrogen-bond acceptors (Lipinski definition) is 4. The van der Waals surface area contributed by atoms with Crippen LogP contribution in [0.3, 0.4) is 0 Å². The molecule has 1 aliphatic rings. The lowest BCUT2D eigenvalue weighted by atomic mass is 10.2. The van der Waals surface area contributed by atoms with E-state index >= 15 is 0 Å². The van der Waals surface area contributed by atoms with Crippen LogP contribution in [0.1, 0.15) is 35.8 Å². The van der Waals surface area contributed by atoms with Crippen molar-refractivity contribution in [1.29, 1.82) is 0 Å². The minimum absolute atomic E-state index is 0.0416. The average Bonchev–Trinajstić information content (AvgIpc) is 2.60. The number of rotatable bonds is 2. The number of carboxylic acid groups (broad SMARTS) is 1. The summed E-state index contributed by atoms with van der Waals surface area (Å²) in [7, 11) is 0. The topological polar surface area (TPSA) is 80.0 Å². The Hall–Kier alpha value is -1.43. The van der Waals surface area contributed by atoms with Gasteiger partial charge in [0, 0.05) is 13.1 Å². The molecule has 14 heavy (non-hydrogen) atoms. The molecule has 1 aliphatic heterocycles. The highest BCUT2D eigenvalue weighted by Crippen LogP contribution is 2.18. The molecule has 2 N–H and O–H groups in total. The van der Waals surface area contributed by atoms with E-state index in [0.29, 0.717) is 6.54 Å². The first-order chi connectivity index (χ1) is 6.74. The van der Waals surface area contributed by atoms with Crippen molar-refractivity contribution in [1.82, 2.24) is 20.1 Å². The summed E-state index contributed by atoms with van der Waals surface area (Å²) in [5, 5.41) is 19.7. The highest BCUT2D eigenvalue weighted by atomic mass is 16.4. The van der Waals surface area contributed by atoms with Gasteiger partial charge in [0.05, 0.1) is 6.04 Å². The second-order valence-electron chi connectivity index (χ2n) is 3.25. The molecule has 0 fully saturated rings. The van der Waals surface area contributed by atoms with Crippen molar-refractivity contribution in [2.75, 3.05) is 6.54 Å². The quantitative estimate of drug-likeness (QED) is 0.697. The molecule has 6 heteroatoms. The fraction of sp³-hybridized carbons (Fsp3) is 0.625. The smallest absolute Gasteiger partial charge is 0.374 e. The Kier molecular flexibility index (Phi) is 2.20. The van der Waals surface area contributed by atoms with Crippen LogP contribution in [0.15, 0.2) is 0 Å². The first kappa shape index (κ1) is 9.14. The van der Waals surface area contributed by atoms with Gasteiger partial charge >= 0.3 is 5.97 Å². The molecule has 0 unspecified atom stereocenters. The second kappa shape index (κ2) is 3.38. The van der Waals surface area contributed by atoms with Crippen LogP contribution in [0, 0.1) is 0 Å². The SMILES string of the molecule is CC[C@H]1NCCn2c(C(=O)O)nnc21. The van der Waals surface area contributed by atoms with Crippen molar-refractivity contribution in [2.45, 2.75) is 25.9 Å². The molecule has 0 saturated heterocycles. The van der Waals surface area contributed by atoms with Gasteiger partial charge in [-0.1, -0.05) is 6.92 Å². The van der Waals surface area contributed by atoms with Gasteiger partial charge in [-0.3, -0.25) is 0 Å². The summed E-state index contributed by atoms with van der Waals surface area (Å²) in [5.74, 6) is -0.239. The number of carbonyl (C=O) groups is 1. The fourth-order valence-corrected chi connectivity index (χ4v) is 1.72. The summed E-state index contributed by atoms with van der Waals surface area (Å²) in [6.07, 6.45) is 0.887. The normalized spacial score (nSPS) is 20.5. The average molecular weight is 196 g/mol. The summed E-state index contributed by atoms with van der Waals surface area (Å²) < 4.78 is 1.67. The summed E-state index contributed by atoms with van der Waals surface area (Å²) in [6, 6.07) is 0.129. The lowest BCUT2D eigenvalue weighted by molar-refractivity contribution is 0.0676. The molecule has 1 aromatic heterocycles. The molecule has 0 aromatic carbocycles. The number of carboxylic acids is 1. The number of fused-ring (bicyclic) bond motifs is 1. The maximum absolute atomic E-state index is 10.8. The number of nitrogens with zero attached hydrogens (tertiary/aromatic N) is 3. The summed E-state index contributed by atoms with van der Waals surface area (Å²) in [5.41, 5.74) is 0. The van der Waals surface area contributed by atoms with Gasteiger partial charge in [-0.2, -0.15) is 0 Å². The monoisotopic (exact) mass is 196 g/mol. The van der Waals surface area contributed by atoms with E-state index in [-0.39, 0.29) is 11.9 Å². The van der Waals surface area contributed by atoms with E-state index in [1.54, 1.807) is 4.57 Å². The van der Waals surface area contributed by atoms with Gasteiger partial charge in [0.15, 0.2) is 5.82 Å². The molecule has 0 aliphatic carbocycles. The molecule has 76 valence electrons. The Morgan fingerprint density at radius 2 is 2.50 bits per heavy atom. The van der Waals surface area contributed by atoms with Crippen molar-refractivity contribution >= 4 is 5.97 Å². The highest BCUT2D eigenvalue weighted by Gasteiger charge is 2.25. The van der Waals surface area contributed by atoms with Gasteiger partial charge in [0.25, 0.3) is 0 Å². The molecule has 2 heterocycles. The molecular weight excluding hydrogens is 184 g/mol. The summed E-state index contributed by atoms with van der Waals surface area (Å²) in [4.78, 5) is 10.8. The Balaban J connectivity index is 2.42. The third kappa shape index (κ3) is 1.27. The lowest BCUT2D eigenvalue weighted by Gasteiger charge is -2.23. The molecule has 0 radical (unpaired) electrons. The molecular formula is C8H12N4O2. The maximum atomic E-state index is 10.8. The molecule has 1 atom stereocenters. The van der Waals surface area contributed by atoms with Crippen LogP contribution in [0.5, 0.6) is 0 Å². The molecule has 0 bridgehead atoms. The van der Waals surface area contributed by atoms with E-state index in [1.165, 1.54) is 0 Å². The second-order valence-corrected chi connectivity index (χ2v) is 3.25. The van der Waals surface area contributed by atoms with E-state index in [4.69, 9.17) is 5.11 Å². The van der Waals surface area contributed by atoms with E-state index in [1.807, 2.05) is 6.92 Å². The highest BCUT2D eigenvalue weighted by molar-refractivity contribution is 5.83. The van der Waals surface area contributed by atoms with Crippen LogP contribution >= 0.6 is 0 Å². The molecule has 0 amide bonds. The third-order valence-electron chi connectivity index (χ3n) is 2.42. The predicted molar refractivity (Wildman–Crippen MR) is 48.0 cm³/mol. The van der Waals surface area contributed by atoms with Crippen molar-refractivity contribution in [3.63, 3.8) is 0 Å². The van der Waals surface area contributed by atoms with Crippen molar-refractivity contribution < 1.29 is 9.90 Å². The Labute approximate surface area is 80.9 Å². The first-order valence-corrected chi connectivity index (χ1v) is 4.63. The fourth-order valence-electron chi connectivity index (χ4n) is 1.72. The number of aromatic nitrogens is 3. The largest absolute Gasteiger partial charge is 0.475 e. The maximum Gasteiger partial charge on any atom is 0.374 e. The third-order valence-corrected chi connectivity index (χ3v) is 2.42. The first-order valence-electron chi connectivity index (χ1n) is 4.63. The van der Waals surface area contributed by atoms with E-state index < -0.39 is 5.97 Å². The standard InChI is InChI=1S/C8H12N4O2/c1-2-5-6-10-11-7(8(13)14)12(6)4-3-9-5/h5,9H,2-4H2,1H3,(H,13,14)/t5-/m1/s1. The Morgan fingerprint density at radius 1 is 1.71 bits per heavy atom. The van der Waals surface area contributed by atoms with Crippen LogP contribution in [0.2, 0.25) is 0 Å². The molecule has 0 spiro atoms. The van der Waals surface area contributed by atoms with E-state index in [9.17, 15) is 4.79 Å². The number of aromatic carboxylic acids is 1. The van der Waals surface area contributed by atoms with Gasteiger partial charge in [0.1, 0.15) is 0 Å². The summed E-state index contributed by atoms with van der Waals surface area (Å²) in [6.45, 7) is 3.42. The van der Waals surface area contributed by atoms with Gasteiger partial charge in [-0.25, -0.2) is 4.79 Å². The van der Waals surface area contributed by atoms with Crippen LogP contribution in [0.4, 0.5) is 0 Å². The lowest BCUT2D eigenvalue weighted by Crippen LogP contribution is -2.34. The molecule has 0 saturated carbocycles. The zero-order valence-corrected chi connectivity index (χ0v) is 7.90. The van der Waals surface area contributed by atoms with Crippen molar-refractivity contribution in [2.24, 2.45) is 0 Å². The molecule has 2 rings (SSSR count). The van der Waals surface area contributed by atoms with Gasteiger partial charge < -0.3 is 15.0 Å². The van der Waals surface area contributed by atoms with Crippen molar-refractivity contribution in [3.05, 3.63) is 11.6 Å². The number of hydrogen-bond donors (Lipinski definition) is 2. The zero-order valence-electron chi connectivity index (χ0n) is 7.90. The zero-order chi connectivity index (χ0) is 10.1. The van der Waals surface area contributed by atoms with Crippen LogP contribution < -0.4 is 5.32 Å². The van der Waals surface area contributed by atoms with Crippen molar-refractivity contribution in [3.8, 4) is 0 Å². The predicted octanol–water partition coefficient (Wildman–Crippen LogP) is 0.0306. The summed E-state index contributed by atoms with van der Waals surface area (Å²) >= 11 is 0. The number of nitrogens with one attached hydrogen (secondary N) is 1. The minimum atomic E-state index is -1.01. The van der Waals surface area contributed by atoms with Crippen LogP contribution in [0.25, 0.3) is 0 Å². The van der Waals surface area contributed by atoms with Gasteiger partial charge in [0.2, 0.25) is 5.82 Å². The minimum Gasteiger partial charge on any atom is -0.475 e. The van der Waals surface area contributed by atoms with Gasteiger partial charge in [-0.05, 0) is 6.42 Å². The van der Waals surface area contributed by atoms with E-state index in [2.05, 4.69) is 15.5 Å². The van der Waals surface area contributed by atoms with Gasteiger partial charge in [-0.15, -0.1) is 10.2 Å². The molecule has 1 aromatic rings. The van der Waals surface area contributed by atoms with E-state index in [0.717, 1.165) is 18.8 Å². The van der Waals surface area contributed by atoms with Crippen LogP contribution in [-0.2, 0) is 6.54 Å². The Morgan fingerprint density at radius 3 is 3.14 bits per heavy atom. The molecule has 6 nitrogen and oxygen atoms in total. The Bertz CT molecular complexity index is 360. The van der Waals surface area contributed by atoms with Crippen LogP contribution in [-0.4, -0.2) is 32.4 Å².